The molecular weight excluding hydrogens is 144 g/mol. The normalized spacial score (nSPS) is 10.5. The molecule has 1 N–H and O–H groups in total. The number of benzene rings is 1. The highest BCUT2D eigenvalue weighted by atomic mass is 32.2. The second kappa shape index (κ2) is 4.14. The Balaban J connectivity index is 2.67. The van der Waals surface area contributed by atoms with Crippen LogP contribution in [0.1, 0.15) is 5.56 Å². The molecular formula is C8H8OS. The number of hydrogen-bond acceptors (Lipinski definition) is 2. The van der Waals surface area contributed by atoms with Crippen LogP contribution in [0, 0.1) is 0 Å². The van der Waals surface area contributed by atoms with E-state index in [-0.39, 0.29) is 0 Å². The Kier molecular flexibility index (Phi) is 3.06. The Hall–Kier alpha value is -0.730. The Labute approximate surface area is 64.6 Å². The zero-order valence-electron chi connectivity index (χ0n) is 5.40. The van der Waals surface area contributed by atoms with Crippen LogP contribution in [0.15, 0.2) is 35.7 Å². The van der Waals surface area contributed by atoms with Gasteiger partial charge in [-0.15, -0.1) is 0 Å². The third kappa shape index (κ3) is 2.25. The molecule has 0 heterocycles. The summed E-state index contributed by atoms with van der Waals surface area (Å²) in [5.41, 5.74) is 1.10. The topological polar surface area (TPSA) is 20.2 Å². The standard InChI is InChI=1S/C8H8OS/c9-10-7-6-8-4-2-1-3-5-8/h1-7,9H/b7-6+. The average molecular weight is 152 g/mol. The van der Waals surface area contributed by atoms with Crippen LogP contribution in [-0.4, -0.2) is 4.55 Å². The molecule has 0 amide bonds. The molecule has 0 saturated heterocycles. The molecule has 2 heteroatoms. The molecule has 0 radical (unpaired) electrons. The van der Waals surface area contributed by atoms with Crippen molar-refractivity contribution < 1.29 is 4.55 Å². The summed E-state index contributed by atoms with van der Waals surface area (Å²) >= 11 is 0.716. The molecule has 1 nitrogen and oxygen atoms in total. The van der Waals surface area contributed by atoms with Gasteiger partial charge in [0.25, 0.3) is 0 Å². The van der Waals surface area contributed by atoms with Crippen LogP contribution in [0.5, 0.6) is 0 Å². The highest BCUT2D eigenvalue weighted by Crippen LogP contribution is 2.04. The third-order valence-corrected chi connectivity index (χ3v) is 1.38. The van der Waals surface area contributed by atoms with Gasteiger partial charge in [-0.25, -0.2) is 0 Å². The fraction of sp³-hybridized carbons (Fsp3) is 0. The minimum atomic E-state index is 0.716. The zero-order chi connectivity index (χ0) is 7.23. The Morgan fingerprint density at radius 1 is 1.20 bits per heavy atom. The van der Waals surface area contributed by atoms with Gasteiger partial charge < -0.3 is 4.55 Å². The van der Waals surface area contributed by atoms with Gasteiger partial charge >= 0.3 is 0 Å². The van der Waals surface area contributed by atoms with Gasteiger partial charge in [-0.1, -0.05) is 30.3 Å². The van der Waals surface area contributed by atoms with Crippen LogP contribution in [-0.2, 0) is 0 Å². The lowest BCUT2D eigenvalue weighted by Gasteiger charge is -1.87. The molecule has 1 aromatic carbocycles. The summed E-state index contributed by atoms with van der Waals surface area (Å²) in [6.45, 7) is 0. The summed E-state index contributed by atoms with van der Waals surface area (Å²) in [6, 6.07) is 9.84. The zero-order valence-corrected chi connectivity index (χ0v) is 6.21. The van der Waals surface area contributed by atoms with E-state index in [4.69, 9.17) is 4.55 Å². The largest absolute Gasteiger partial charge is 0.326 e. The smallest absolute Gasteiger partial charge is 0.0163 e. The van der Waals surface area contributed by atoms with Crippen molar-refractivity contribution in [3.05, 3.63) is 41.3 Å². The Morgan fingerprint density at radius 3 is 2.50 bits per heavy atom. The van der Waals surface area contributed by atoms with Gasteiger partial charge in [-0.2, -0.15) is 0 Å². The first kappa shape index (κ1) is 7.38. The monoisotopic (exact) mass is 152 g/mol. The van der Waals surface area contributed by atoms with Gasteiger partial charge in [0.2, 0.25) is 0 Å². The maximum absolute atomic E-state index is 8.36. The van der Waals surface area contributed by atoms with Crippen molar-refractivity contribution in [2.75, 3.05) is 0 Å². The van der Waals surface area contributed by atoms with E-state index in [2.05, 4.69) is 0 Å². The lowest BCUT2D eigenvalue weighted by atomic mass is 10.2. The molecule has 0 bridgehead atoms. The van der Waals surface area contributed by atoms with Crippen molar-refractivity contribution in [3.63, 3.8) is 0 Å². The summed E-state index contributed by atoms with van der Waals surface area (Å²) in [5, 5.41) is 1.63. The van der Waals surface area contributed by atoms with E-state index in [0.717, 1.165) is 5.56 Å². The molecule has 0 fully saturated rings. The average Bonchev–Trinajstić information content (AvgIpc) is 2.03. The summed E-state index contributed by atoms with van der Waals surface area (Å²) in [6.07, 6.45) is 1.85. The molecule has 0 aliphatic heterocycles. The highest BCUT2D eigenvalue weighted by Gasteiger charge is 1.79. The van der Waals surface area contributed by atoms with Crippen molar-refractivity contribution in [1.82, 2.24) is 0 Å². The third-order valence-electron chi connectivity index (χ3n) is 1.12. The van der Waals surface area contributed by atoms with Gasteiger partial charge in [-0.3, -0.25) is 0 Å². The van der Waals surface area contributed by atoms with Crippen molar-refractivity contribution in [1.29, 1.82) is 0 Å². The summed E-state index contributed by atoms with van der Waals surface area (Å²) in [5.74, 6) is 0. The number of rotatable bonds is 2. The van der Waals surface area contributed by atoms with Crippen molar-refractivity contribution in [2.45, 2.75) is 0 Å². The molecule has 10 heavy (non-hydrogen) atoms. The summed E-state index contributed by atoms with van der Waals surface area (Å²) in [4.78, 5) is 0. The lowest BCUT2D eigenvalue weighted by Crippen LogP contribution is -1.65. The predicted molar refractivity (Wildman–Crippen MR) is 45.7 cm³/mol. The molecule has 1 aromatic rings. The summed E-state index contributed by atoms with van der Waals surface area (Å²) in [7, 11) is 0. The van der Waals surface area contributed by atoms with E-state index >= 15 is 0 Å². The first-order valence-corrected chi connectivity index (χ1v) is 3.79. The molecule has 0 atom stereocenters. The first-order chi connectivity index (χ1) is 4.93. The van der Waals surface area contributed by atoms with Gasteiger partial charge in [0.15, 0.2) is 0 Å². The molecule has 0 unspecified atom stereocenters. The molecule has 52 valence electrons. The minimum absolute atomic E-state index is 0.716. The Bertz CT molecular complexity index is 206. The van der Waals surface area contributed by atoms with Gasteiger partial charge in [0.05, 0.1) is 0 Å². The SMILES string of the molecule is OS/C=C/c1ccccc1. The van der Waals surface area contributed by atoms with E-state index in [9.17, 15) is 0 Å². The van der Waals surface area contributed by atoms with E-state index in [0.29, 0.717) is 12.0 Å². The number of hydrogen-bond donors (Lipinski definition) is 1. The van der Waals surface area contributed by atoms with Crippen LogP contribution >= 0.6 is 12.0 Å². The van der Waals surface area contributed by atoms with Gasteiger partial charge in [-0.05, 0) is 17.0 Å². The first-order valence-electron chi connectivity index (χ1n) is 2.95. The van der Waals surface area contributed by atoms with Crippen LogP contribution in [0.3, 0.4) is 0 Å². The highest BCUT2D eigenvalue weighted by molar-refractivity contribution is 7.96. The molecule has 0 aliphatic rings. The molecule has 1 rings (SSSR count). The van der Waals surface area contributed by atoms with Crippen molar-refractivity contribution in [2.24, 2.45) is 0 Å². The second-order valence-corrected chi connectivity index (χ2v) is 2.30. The predicted octanol–water partition coefficient (Wildman–Crippen LogP) is 2.86. The van der Waals surface area contributed by atoms with E-state index < -0.39 is 0 Å². The summed E-state index contributed by atoms with van der Waals surface area (Å²) < 4.78 is 8.36. The molecule has 0 aliphatic carbocycles. The van der Waals surface area contributed by atoms with Crippen molar-refractivity contribution >= 4 is 18.1 Å². The van der Waals surface area contributed by atoms with Crippen LogP contribution in [0.25, 0.3) is 6.08 Å². The van der Waals surface area contributed by atoms with Crippen LogP contribution in [0.4, 0.5) is 0 Å². The van der Waals surface area contributed by atoms with Crippen LogP contribution < -0.4 is 0 Å². The second-order valence-electron chi connectivity index (χ2n) is 1.82. The quantitative estimate of drug-likeness (QED) is 0.657. The molecule has 0 aromatic heterocycles. The van der Waals surface area contributed by atoms with Crippen molar-refractivity contribution in [3.8, 4) is 0 Å². The van der Waals surface area contributed by atoms with E-state index in [1.165, 1.54) is 0 Å². The fourth-order valence-electron chi connectivity index (χ4n) is 0.673. The molecule has 0 spiro atoms. The van der Waals surface area contributed by atoms with Gasteiger partial charge in [0.1, 0.15) is 0 Å². The fourth-order valence-corrected chi connectivity index (χ4v) is 0.891. The molecule has 0 saturated carbocycles. The maximum atomic E-state index is 8.36. The minimum Gasteiger partial charge on any atom is -0.326 e. The van der Waals surface area contributed by atoms with E-state index in [1.54, 1.807) is 5.41 Å². The van der Waals surface area contributed by atoms with Gasteiger partial charge in [0, 0.05) is 12.0 Å². The Morgan fingerprint density at radius 2 is 1.90 bits per heavy atom. The maximum Gasteiger partial charge on any atom is 0.0163 e. The van der Waals surface area contributed by atoms with Crippen LogP contribution in [0.2, 0.25) is 0 Å². The lowest BCUT2D eigenvalue weighted by molar-refractivity contribution is 0.671. The van der Waals surface area contributed by atoms with E-state index in [1.807, 2.05) is 36.4 Å².